The number of carbonyl (C=O) groups is 2. The highest BCUT2D eigenvalue weighted by atomic mass is 32.2. The van der Waals surface area contributed by atoms with Crippen LogP contribution in [-0.2, 0) is 28.9 Å². The molecule has 0 atom stereocenters. The molecule has 0 fully saturated rings. The van der Waals surface area contributed by atoms with Crippen LogP contribution in [0.25, 0.3) is 0 Å². The molecule has 0 aliphatic heterocycles. The number of rotatable bonds is 11. The van der Waals surface area contributed by atoms with Gasteiger partial charge in [-0.05, 0) is 25.8 Å². The van der Waals surface area contributed by atoms with Crippen LogP contribution in [0.4, 0.5) is 5.13 Å². The molecule has 1 N–H and O–H groups in total. The second-order valence-electron chi connectivity index (χ2n) is 6.77. The third-order valence-electron chi connectivity index (χ3n) is 4.42. The summed E-state index contributed by atoms with van der Waals surface area (Å²) in [4.78, 5) is 29.0. The molecule has 32 heavy (non-hydrogen) atoms. The Bertz CT molecular complexity index is 1080. The molecule has 1 aromatic carbocycles. The minimum Gasteiger partial charge on any atom is -0.462 e. The number of nitrogens with one attached hydrogen (secondary N) is 1. The van der Waals surface area contributed by atoms with E-state index in [0.717, 1.165) is 30.0 Å². The van der Waals surface area contributed by atoms with Crippen molar-refractivity contribution in [3.63, 3.8) is 0 Å². The molecule has 0 saturated heterocycles. The fourth-order valence-electron chi connectivity index (χ4n) is 2.95. The zero-order chi connectivity index (χ0) is 22.9. The molecular weight excluding hydrogens is 446 g/mol. The smallest absolute Gasteiger partial charge is 0.350 e. The highest BCUT2D eigenvalue weighted by Crippen LogP contribution is 2.24. The van der Waals surface area contributed by atoms with E-state index in [1.165, 1.54) is 17.3 Å². The summed E-state index contributed by atoms with van der Waals surface area (Å²) >= 11 is 2.40. The van der Waals surface area contributed by atoms with Crippen molar-refractivity contribution in [1.82, 2.24) is 19.7 Å². The molecule has 3 rings (SSSR count). The van der Waals surface area contributed by atoms with Crippen molar-refractivity contribution in [1.29, 1.82) is 0 Å². The number of hydrogen-bond acceptors (Lipinski definition) is 8. The van der Waals surface area contributed by atoms with Crippen molar-refractivity contribution in [2.45, 2.75) is 38.4 Å². The van der Waals surface area contributed by atoms with Crippen molar-refractivity contribution in [3.05, 3.63) is 64.9 Å². The van der Waals surface area contributed by atoms with Crippen molar-refractivity contribution in [2.24, 2.45) is 0 Å². The summed E-state index contributed by atoms with van der Waals surface area (Å²) in [6.07, 6.45) is 3.38. The van der Waals surface area contributed by atoms with Gasteiger partial charge in [-0.2, -0.15) is 0 Å². The molecule has 0 bridgehead atoms. The molecule has 2 aromatic heterocycles. The first-order chi connectivity index (χ1) is 15.5. The molecule has 0 radical (unpaired) electrons. The van der Waals surface area contributed by atoms with E-state index < -0.39 is 5.97 Å². The molecule has 1 amide bonds. The Morgan fingerprint density at radius 2 is 2.03 bits per heavy atom. The summed E-state index contributed by atoms with van der Waals surface area (Å²) < 4.78 is 6.98. The zero-order valence-corrected chi connectivity index (χ0v) is 19.7. The molecule has 0 spiro atoms. The van der Waals surface area contributed by atoms with Crippen LogP contribution in [0.15, 0.2) is 48.1 Å². The Morgan fingerprint density at radius 1 is 1.25 bits per heavy atom. The Balaban J connectivity index is 1.59. The summed E-state index contributed by atoms with van der Waals surface area (Å²) in [6, 6.07) is 10.2. The summed E-state index contributed by atoms with van der Waals surface area (Å²) in [5.74, 6) is 0.323. The molecule has 0 saturated carbocycles. The average molecular weight is 472 g/mol. The molecule has 8 nitrogen and oxygen atoms in total. The SMILES string of the molecule is C=CCn1c(CCc2ccccc2)nnc1SCC(=O)Nc1nc(C)c(C(=O)OCC)s1. The topological polar surface area (TPSA) is 99.0 Å². The third-order valence-corrected chi connectivity index (χ3v) is 6.44. The fourth-order valence-corrected chi connectivity index (χ4v) is 4.59. The van der Waals surface area contributed by atoms with Gasteiger partial charge in [0.1, 0.15) is 10.7 Å². The lowest BCUT2D eigenvalue weighted by molar-refractivity contribution is -0.113. The minimum atomic E-state index is -0.432. The molecule has 0 aliphatic rings. The maximum atomic E-state index is 12.4. The van der Waals surface area contributed by atoms with Gasteiger partial charge in [0.25, 0.3) is 0 Å². The maximum absolute atomic E-state index is 12.4. The van der Waals surface area contributed by atoms with Gasteiger partial charge >= 0.3 is 5.97 Å². The Morgan fingerprint density at radius 3 is 2.75 bits per heavy atom. The molecule has 0 aliphatic carbocycles. The summed E-state index contributed by atoms with van der Waals surface area (Å²) in [7, 11) is 0. The van der Waals surface area contributed by atoms with Gasteiger partial charge in [0, 0.05) is 13.0 Å². The van der Waals surface area contributed by atoms with E-state index in [1.54, 1.807) is 19.9 Å². The first-order valence-electron chi connectivity index (χ1n) is 10.2. The lowest BCUT2D eigenvalue weighted by atomic mass is 10.1. The first-order valence-corrected chi connectivity index (χ1v) is 12.0. The van der Waals surface area contributed by atoms with Gasteiger partial charge in [0.05, 0.1) is 18.1 Å². The number of esters is 1. The van der Waals surface area contributed by atoms with Crippen molar-refractivity contribution >= 4 is 40.1 Å². The van der Waals surface area contributed by atoms with Crippen LogP contribution >= 0.6 is 23.1 Å². The second-order valence-corrected chi connectivity index (χ2v) is 8.72. The number of hydrogen-bond donors (Lipinski definition) is 1. The zero-order valence-electron chi connectivity index (χ0n) is 18.0. The van der Waals surface area contributed by atoms with E-state index in [4.69, 9.17) is 4.74 Å². The standard InChI is InChI=1S/C22H25N5O3S2/c1-4-13-27-17(12-11-16-9-7-6-8-10-16)25-26-22(27)31-14-18(28)24-21-23-15(3)19(32-21)20(29)30-5-2/h4,6-10H,1,5,11-14H2,2-3H3,(H,23,24,28). The Hall–Kier alpha value is -2.98. The van der Waals surface area contributed by atoms with Crippen LogP contribution in [0.1, 0.15) is 33.7 Å². The number of amides is 1. The van der Waals surface area contributed by atoms with Gasteiger partial charge in [-0.15, -0.1) is 16.8 Å². The lowest BCUT2D eigenvalue weighted by Crippen LogP contribution is -2.14. The van der Waals surface area contributed by atoms with Gasteiger partial charge < -0.3 is 14.6 Å². The Kier molecular flexibility index (Phi) is 8.57. The van der Waals surface area contributed by atoms with Gasteiger partial charge in [-0.3, -0.25) is 4.79 Å². The van der Waals surface area contributed by atoms with Crippen LogP contribution in [0.5, 0.6) is 0 Å². The maximum Gasteiger partial charge on any atom is 0.350 e. The van der Waals surface area contributed by atoms with Crippen LogP contribution in [0.3, 0.4) is 0 Å². The number of nitrogens with zero attached hydrogens (tertiary/aromatic N) is 4. The highest BCUT2D eigenvalue weighted by molar-refractivity contribution is 7.99. The molecule has 0 unspecified atom stereocenters. The number of benzene rings is 1. The van der Waals surface area contributed by atoms with Crippen LogP contribution in [0.2, 0.25) is 0 Å². The fraction of sp³-hybridized carbons (Fsp3) is 0.318. The van der Waals surface area contributed by atoms with Gasteiger partial charge in [-0.25, -0.2) is 9.78 Å². The van der Waals surface area contributed by atoms with E-state index in [2.05, 4.69) is 39.2 Å². The normalized spacial score (nSPS) is 10.7. The number of carbonyl (C=O) groups excluding carboxylic acids is 2. The summed E-state index contributed by atoms with van der Waals surface area (Å²) in [6.45, 7) is 8.12. The van der Waals surface area contributed by atoms with Gasteiger partial charge in [-0.1, -0.05) is 59.5 Å². The number of aromatic nitrogens is 4. The van der Waals surface area contributed by atoms with E-state index in [-0.39, 0.29) is 18.3 Å². The van der Waals surface area contributed by atoms with Crippen LogP contribution in [-0.4, -0.2) is 44.0 Å². The molecule has 10 heteroatoms. The van der Waals surface area contributed by atoms with Crippen molar-refractivity contribution in [3.8, 4) is 0 Å². The third kappa shape index (κ3) is 6.27. The number of aryl methyl sites for hydroxylation is 3. The number of allylic oxidation sites excluding steroid dienone is 1. The molecule has 168 valence electrons. The Labute approximate surface area is 195 Å². The molecule has 2 heterocycles. The largest absolute Gasteiger partial charge is 0.462 e. The predicted octanol–water partition coefficient (Wildman–Crippen LogP) is 3.92. The lowest BCUT2D eigenvalue weighted by Gasteiger charge is -2.07. The predicted molar refractivity (Wildman–Crippen MR) is 126 cm³/mol. The highest BCUT2D eigenvalue weighted by Gasteiger charge is 2.18. The summed E-state index contributed by atoms with van der Waals surface area (Å²) in [5.41, 5.74) is 1.76. The number of thiazole rings is 1. The minimum absolute atomic E-state index is 0.140. The number of ether oxygens (including phenoxy) is 1. The molecule has 3 aromatic rings. The average Bonchev–Trinajstić information content (AvgIpc) is 3.34. The number of thioether (sulfide) groups is 1. The van der Waals surface area contributed by atoms with Gasteiger partial charge in [0.2, 0.25) is 5.91 Å². The van der Waals surface area contributed by atoms with E-state index in [1.807, 2.05) is 22.8 Å². The van der Waals surface area contributed by atoms with Crippen molar-refractivity contribution in [2.75, 3.05) is 17.7 Å². The van der Waals surface area contributed by atoms with Crippen LogP contribution in [0, 0.1) is 6.92 Å². The molecular formula is C22H25N5O3S2. The summed E-state index contributed by atoms with van der Waals surface area (Å²) in [5, 5.41) is 12.3. The quantitative estimate of drug-likeness (QED) is 0.257. The van der Waals surface area contributed by atoms with E-state index in [0.29, 0.717) is 27.4 Å². The van der Waals surface area contributed by atoms with Gasteiger partial charge in [0.15, 0.2) is 10.3 Å². The second kappa shape index (κ2) is 11.6. The van der Waals surface area contributed by atoms with E-state index >= 15 is 0 Å². The van der Waals surface area contributed by atoms with E-state index in [9.17, 15) is 9.59 Å². The number of anilines is 1. The van der Waals surface area contributed by atoms with Crippen molar-refractivity contribution < 1.29 is 14.3 Å². The monoisotopic (exact) mass is 471 g/mol. The van der Waals surface area contributed by atoms with Crippen LogP contribution < -0.4 is 5.32 Å². The first kappa shape index (κ1) is 23.7.